The smallest absolute Gasteiger partial charge is 0.254 e. The van der Waals surface area contributed by atoms with E-state index in [1.54, 1.807) is 7.11 Å². The van der Waals surface area contributed by atoms with E-state index in [4.69, 9.17) is 14.2 Å². The molecule has 0 spiro atoms. The van der Waals surface area contributed by atoms with Gasteiger partial charge in [-0.1, -0.05) is 6.07 Å². The Morgan fingerprint density at radius 3 is 2.49 bits per heavy atom. The average Bonchev–Trinajstić information content (AvgIpc) is 3.32. The maximum absolute atomic E-state index is 13.6. The third-order valence-corrected chi connectivity index (χ3v) is 7.72. The van der Waals surface area contributed by atoms with Crippen LogP contribution in [0.15, 0.2) is 18.2 Å². The summed E-state index contributed by atoms with van der Waals surface area (Å²) in [5.74, 6) is 2.02. The molecule has 1 N–H and O–H groups in total. The molecule has 1 unspecified atom stereocenters. The number of hydrogen-bond donors (Lipinski definition) is 1. The minimum atomic E-state index is 0.0198. The summed E-state index contributed by atoms with van der Waals surface area (Å²) in [6.07, 6.45) is 3.34. The highest BCUT2D eigenvalue weighted by Crippen LogP contribution is 2.25. The Kier molecular flexibility index (Phi) is 11.7. The number of benzene rings is 1. The second-order valence-electron chi connectivity index (χ2n) is 10.9. The van der Waals surface area contributed by atoms with Crippen LogP contribution in [0.4, 0.5) is 0 Å². The molecule has 1 aromatic rings. The minimum Gasteiger partial charge on any atom is -0.493 e. The summed E-state index contributed by atoms with van der Waals surface area (Å²) in [4.78, 5) is 30.4. The highest BCUT2D eigenvalue weighted by molar-refractivity contribution is 5.95. The number of aryl methyl sites for hydroxylation is 1. The lowest BCUT2D eigenvalue weighted by molar-refractivity contribution is -0.132. The van der Waals surface area contributed by atoms with Gasteiger partial charge in [0.25, 0.3) is 5.91 Å². The number of carbonyl (C=O) groups excluding carboxylic acids is 2. The Hall–Kier alpha value is -2.16. The third kappa shape index (κ3) is 8.69. The third-order valence-electron chi connectivity index (χ3n) is 7.72. The van der Waals surface area contributed by atoms with Crippen LogP contribution in [-0.2, 0) is 14.3 Å². The summed E-state index contributed by atoms with van der Waals surface area (Å²) < 4.78 is 16.5. The van der Waals surface area contributed by atoms with Crippen molar-refractivity contribution in [2.75, 3.05) is 66.8 Å². The fourth-order valence-electron chi connectivity index (χ4n) is 5.24. The SMILES string of the molecule is COCCCOc1cc(C(=O)N(C[C@@H]2CNCC2CN(C)C(=O)CC2CCOCC2)C(C)C)ccc1C. The van der Waals surface area contributed by atoms with Crippen molar-refractivity contribution in [1.82, 2.24) is 15.1 Å². The lowest BCUT2D eigenvalue weighted by atomic mass is 9.93. The van der Waals surface area contributed by atoms with E-state index in [2.05, 4.69) is 19.2 Å². The lowest BCUT2D eigenvalue weighted by Gasteiger charge is -2.33. The van der Waals surface area contributed by atoms with Gasteiger partial charge in [-0.2, -0.15) is 0 Å². The van der Waals surface area contributed by atoms with Crippen molar-refractivity contribution in [1.29, 1.82) is 0 Å². The molecular formula is C29H47N3O5. The van der Waals surface area contributed by atoms with E-state index in [0.717, 1.165) is 56.9 Å². The molecule has 208 valence electrons. The van der Waals surface area contributed by atoms with Gasteiger partial charge >= 0.3 is 0 Å². The maximum atomic E-state index is 13.6. The molecule has 3 rings (SSSR count). The molecule has 2 aliphatic rings. The summed E-state index contributed by atoms with van der Waals surface area (Å²) >= 11 is 0. The van der Waals surface area contributed by atoms with Crippen molar-refractivity contribution in [3.05, 3.63) is 29.3 Å². The normalized spacial score (nSPS) is 20.3. The Bertz CT molecular complexity index is 871. The molecule has 2 fully saturated rings. The van der Waals surface area contributed by atoms with Crippen LogP contribution >= 0.6 is 0 Å². The van der Waals surface area contributed by atoms with Crippen molar-refractivity contribution in [2.45, 2.75) is 52.5 Å². The van der Waals surface area contributed by atoms with Crippen molar-refractivity contribution in [3.63, 3.8) is 0 Å². The predicted molar refractivity (Wildman–Crippen MR) is 145 cm³/mol. The van der Waals surface area contributed by atoms with Crippen molar-refractivity contribution < 1.29 is 23.8 Å². The van der Waals surface area contributed by atoms with Crippen LogP contribution in [-0.4, -0.2) is 94.4 Å². The number of nitrogens with one attached hydrogen (secondary N) is 1. The largest absolute Gasteiger partial charge is 0.493 e. The first-order chi connectivity index (χ1) is 17.8. The Balaban J connectivity index is 1.60. The van der Waals surface area contributed by atoms with E-state index in [1.807, 2.05) is 42.0 Å². The number of methoxy groups -OCH3 is 1. The van der Waals surface area contributed by atoms with E-state index in [9.17, 15) is 9.59 Å². The molecule has 2 amide bonds. The highest BCUT2D eigenvalue weighted by atomic mass is 16.5. The molecule has 2 aliphatic heterocycles. The first kappa shape index (κ1) is 29.4. The number of hydrogen-bond acceptors (Lipinski definition) is 6. The van der Waals surface area contributed by atoms with E-state index in [1.165, 1.54) is 0 Å². The van der Waals surface area contributed by atoms with Gasteiger partial charge in [-0.25, -0.2) is 0 Å². The lowest BCUT2D eigenvalue weighted by Crippen LogP contribution is -2.44. The minimum absolute atomic E-state index is 0.0198. The fraction of sp³-hybridized carbons (Fsp3) is 0.724. The summed E-state index contributed by atoms with van der Waals surface area (Å²) in [6, 6.07) is 5.78. The molecule has 2 saturated heterocycles. The van der Waals surface area contributed by atoms with Gasteiger partial charge in [0, 0.05) is 84.6 Å². The van der Waals surface area contributed by atoms with E-state index in [0.29, 0.717) is 56.0 Å². The second-order valence-corrected chi connectivity index (χ2v) is 10.9. The second kappa shape index (κ2) is 14.7. The molecule has 1 aromatic carbocycles. The molecule has 0 bridgehead atoms. The molecule has 2 heterocycles. The van der Waals surface area contributed by atoms with Gasteiger partial charge < -0.3 is 29.3 Å². The molecule has 0 radical (unpaired) electrons. The molecule has 0 saturated carbocycles. The van der Waals surface area contributed by atoms with Crippen LogP contribution in [0, 0.1) is 24.7 Å². The Labute approximate surface area is 223 Å². The monoisotopic (exact) mass is 517 g/mol. The van der Waals surface area contributed by atoms with E-state index in [-0.39, 0.29) is 17.9 Å². The maximum Gasteiger partial charge on any atom is 0.254 e. The van der Waals surface area contributed by atoms with Gasteiger partial charge in [0.1, 0.15) is 5.75 Å². The standard InChI is InChI=1S/C29H47N3O5/c1-21(2)32(29(34)24-8-7-22(3)27(16-24)37-12-6-11-35-5)20-26-18-30-17-25(26)19-31(4)28(33)15-23-9-13-36-14-10-23/h7-8,16,21,23,25-26,30H,6,9-15,17-20H2,1-5H3/t25?,26-/m0/s1. The van der Waals surface area contributed by atoms with Crippen LogP contribution in [0.2, 0.25) is 0 Å². The van der Waals surface area contributed by atoms with Crippen molar-refractivity contribution in [2.24, 2.45) is 17.8 Å². The van der Waals surface area contributed by atoms with Crippen LogP contribution in [0.3, 0.4) is 0 Å². The number of rotatable bonds is 13. The summed E-state index contributed by atoms with van der Waals surface area (Å²) in [5.41, 5.74) is 1.66. The molecule has 37 heavy (non-hydrogen) atoms. The van der Waals surface area contributed by atoms with E-state index < -0.39 is 0 Å². The molecule has 2 atom stereocenters. The number of carbonyl (C=O) groups is 2. The first-order valence-electron chi connectivity index (χ1n) is 13.9. The Morgan fingerprint density at radius 2 is 1.81 bits per heavy atom. The van der Waals surface area contributed by atoms with Gasteiger partial charge in [0.2, 0.25) is 5.91 Å². The van der Waals surface area contributed by atoms with Gasteiger partial charge in [-0.15, -0.1) is 0 Å². The van der Waals surface area contributed by atoms with E-state index >= 15 is 0 Å². The Morgan fingerprint density at radius 1 is 1.11 bits per heavy atom. The zero-order valence-electron chi connectivity index (χ0n) is 23.5. The van der Waals surface area contributed by atoms with Gasteiger partial charge in [0.05, 0.1) is 6.61 Å². The number of amides is 2. The van der Waals surface area contributed by atoms with Gasteiger partial charge in [-0.05, 0) is 69.1 Å². The van der Waals surface area contributed by atoms with Crippen LogP contribution in [0.1, 0.15) is 55.5 Å². The summed E-state index contributed by atoms with van der Waals surface area (Å²) in [6.45, 7) is 11.9. The molecule has 8 heteroatoms. The summed E-state index contributed by atoms with van der Waals surface area (Å²) in [7, 11) is 3.60. The zero-order valence-corrected chi connectivity index (χ0v) is 23.5. The van der Waals surface area contributed by atoms with Crippen LogP contribution in [0.25, 0.3) is 0 Å². The fourth-order valence-corrected chi connectivity index (χ4v) is 5.24. The van der Waals surface area contributed by atoms with Crippen molar-refractivity contribution in [3.8, 4) is 5.75 Å². The number of nitrogens with zero attached hydrogens (tertiary/aromatic N) is 2. The first-order valence-corrected chi connectivity index (χ1v) is 13.9. The van der Waals surface area contributed by atoms with Crippen LogP contribution < -0.4 is 10.1 Å². The molecule has 0 aliphatic carbocycles. The molecular weight excluding hydrogens is 470 g/mol. The molecule has 0 aromatic heterocycles. The van der Waals surface area contributed by atoms with Gasteiger partial charge in [-0.3, -0.25) is 9.59 Å². The van der Waals surface area contributed by atoms with Crippen LogP contribution in [0.5, 0.6) is 5.75 Å². The number of ether oxygens (including phenoxy) is 3. The summed E-state index contributed by atoms with van der Waals surface area (Å²) in [5, 5.41) is 3.50. The van der Waals surface area contributed by atoms with Crippen molar-refractivity contribution >= 4 is 11.8 Å². The highest BCUT2D eigenvalue weighted by Gasteiger charge is 2.33. The quantitative estimate of drug-likeness (QED) is 0.404. The van der Waals surface area contributed by atoms with Gasteiger partial charge in [0.15, 0.2) is 0 Å². The predicted octanol–water partition coefficient (Wildman–Crippen LogP) is 3.37. The topological polar surface area (TPSA) is 80.3 Å². The molecule has 8 nitrogen and oxygen atoms in total. The zero-order chi connectivity index (χ0) is 26.8. The average molecular weight is 518 g/mol.